The van der Waals surface area contributed by atoms with E-state index in [2.05, 4.69) is 17.2 Å². The molecule has 1 heterocycles. The fourth-order valence-corrected chi connectivity index (χ4v) is 2.50. The molecule has 0 bridgehead atoms. The predicted octanol–water partition coefficient (Wildman–Crippen LogP) is 1.05. The molecule has 5 heteroatoms. The average molecular weight is 264 g/mol. The van der Waals surface area contributed by atoms with Gasteiger partial charge in [-0.25, -0.2) is 0 Å². The van der Waals surface area contributed by atoms with E-state index in [1.54, 1.807) is 0 Å². The number of H-pyrrole nitrogens is 1. The van der Waals surface area contributed by atoms with Gasteiger partial charge in [0.25, 0.3) is 5.91 Å². The van der Waals surface area contributed by atoms with Gasteiger partial charge >= 0.3 is 0 Å². The molecule has 0 spiro atoms. The van der Waals surface area contributed by atoms with Crippen LogP contribution >= 0.6 is 0 Å². The van der Waals surface area contributed by atoms with E-state index in [4.69, 9.17) is 0 Å². The van der Waals surface area contributed by atoms with E-state index in [1.807, 2.05) is 0 Å². The van der Waals surface area contributed by atoms with Crippen LogP contribution in [0.2, 0.25) is 0 Å². The van der Waals surface area contributed by atoms with E-state index in [9.17, 15) is 14.7 Å². The molecule has 1 aromatic rings. The number of hydrogen-bond donors (Lipinski definition) is 3. The Morgan fingerprint density at radius 2 is 2.16 bits per heavy atom. The van der Waals surface area contributed by atoms with Crippen molar-refractivity contribution in [1.29, 1.82) is 0 Å². The van der Waals surface area contributed by atoms with Crippen molar-refractivity contribution in [2.24, 2.45) is 5.92 Å². The molecular formula is C14H20N2O3. The molecule has 1 amide bonds. The Balaban J connectivity index is 2.08. The molecule has 1 aliphatic rings. The highest BCUT2D eigenvalue weighted by molar-refractivity contribution is 5.94. The predicted molar refractivity (Wildman–Crippen MR) is 72.0 cm³/mol. The molecule has 104 valence electrons. The molecule has 0 saturated heterocycles. The summed E-state index contributed by atoms with van der Waals surface area (Å²) in [6.07, 6.45) is 4.99. The van der Waals surface area contributed by atoms with Crippen molar-refractivity contribution in [1.82, 2.24) is 10.3 Å². The van der Waals surface area contributed by atoms with Gasteiger partial charge in [0.1, 0.15) is 0 Å². The van der Waals surface area contributed by atoms with Crippen LogP contribution in [0, 0.1) is 5.92 Å². The Labute approximate surface area is 112 Å². The first-order valence-corrected chi connectivity index (χ1v) is 6.67. The zero-order chi connectivity index (χ0) is 13.9. The topological polar surface area (TPSA) is 82.2 Å². The van der Waals surface area contributed by atoms with Crippen LogP contribution in [0.1, 0.15) is 43.0 Å². The third-order valence-electron chi connectivity index (χ3n) is 3.96. The summed E-state index contributed by atoms with van der Waals surface area (Å²) in [4.78, 5) is 25.6. The number of nitrogens with one attached hydrogen (secondary N) is 2. The first-order chi connectivity index (χ1) is 9.04. The van der Waals surface area contributed by atoms with E-state index < -0.39 is 5.54 Å². The van der Waals surface area contributed by atoms with E-state index in [1.165, 1.54) is 18.3 Å². The van der Waals surface area contributed by atoms with E-state index in [-0.39, 0.29) is 18.1 Å². The summed E-state index contributed by atoms with van der Waals surface area (Å²) in [6, 6.07) is 2.81. The van der Waals surface area contributed by atoms with Gasteiger partial charge in [0.15, 0.2) is 0 Å². The van der Waals surface area contributed by atoms with Gasteiger partial charge in [-0.3, -0.25) is 9.59 Å². The molecule has 3 N–H and O–H groups in total. The molecule has 0 aromatic carbocycles. The summed E-state index contributed by atoms with van der Waals surface area (Å²) in [5, 5.41) is 12.5. The Bertz CT molecular complexity index is 481. The average Bonchev–Trinajstić information content (AvgIpc) is 2.42. The first kappa shape index (κ1) is 13.8. The normalized spacial score (nSPS) is 26.9. The van der Waals surface area contributed by atoms with Gasteiger partial charge in [-0.05, 0) is 37.7 Å². The van der Waals surface area contributed by atoms with Crippen molar-refractivity contribution in [3.8, 4) is 0 Å². The lowest BCUT2D eigenvalue weighted by molar-refractivity contribution is 0.0717. The fraction of sp³-hybridized carbons (Fsp3) is 0.571. The van der Waals surface area contributed by atoms with Crippen molar-refractivity contribution in [2.75, 3.05) is 6.61 Å². The van der Waals surface area contributed by atoms with Crippen LogP contribution in [0.25, 0.3) is 0 Å². The zero-order valence-corrected chi connectivity index (χ0v) is 11.1. The lowest BCUT2D eigenvalue weighted by Crippen LogP contribution is -2.53. The van der Waals surface area contributed by atoms with Gasteiger partial charge in [0.2, 0.25) is 5.56 Å². The second kappa shape index (κ2) is 5.57. The van der Waals surface area contributed by atoms with Gasteiger partial charge in [-0.2, -0.15) is 0 Å². The summed E-state index contributed by atoms with van der Waals surface area (Å²) in [6.45, 7) is 2.14. The smallest absolute Gasteiger partial charge is 0.253 e. The summed E-state index contributed by atoms with van der Waals surface area (Å²) in [7, 11) is 0. The summed E-state index contributed by atoms with van der Waals surface area (Å²) < 4.78 is 0. The van der Waals surface area contributed by atoms with Crippen LogP contribution in [0.5, 0.6) is 0 Å². The van der Waals surface area contributed by atoms with E-state index in [0.717, 1.165) is 25.7 Å². The Kier molecular flexibility index (Phi) is 4.04. The largest absolute Gasteiger partial charge is 0.394 e. The number of aromatic amines is 1. The maximum absolute atomic E-state index is 12.1. The van der Waals surface area contributed by atoms with Crippen LogP contribution in [0.15, 0.2) is 23.1 Å². The van der Waals surface area contributed by atoms with Gasteiger partial charge in [-0.15, -0.1) is 0 Å². The molecule has 1 aromatic heterocycles. The second-order valence-corrected chi connectivity index (χ2v) is 5.52. The highest BCUT2D eigenvalue weighted by Crippen LogP contribution is 2.31. The molecule has 2 rings (SSSR count). The molecule has 0 atom stereocenters. The molecule has 1 aliphatic carbocycles. The standard InChI is InChI=1S/C14H20N2O3/c1-10-4-6-14(9-17,7-5-10)16-13(19)11-2-3-12(18)15-8-11/h2-3,8,10,17H,4-7,9H2,1H3,(H,15,18)(H,16,19). The third kappa shape index (κ3) is 3.23. The highest BCUT2D eigenvalue weighted by atomic mass is 16.3. The van der Waals surface area contributed by atoms with Crippen LogP contribution in [-0.2, 0) is 0 Å². The molecule has 0 unspecified atom stereocenters. The Hall–Kier alpha value is -1.62. The maximum Gasteiger partial charge on any atom is 0.253 e. The van der Waals surface area contributed by atoms with Crippen molar-refractivity contribution in [3.05, 3.63) is 34.2 Å². The minimum absolute atomic E-state index is 0.0468. The van der Waals surface area contributed by atoms with Crippen LogP contribution in [-0.4, -0.2) is 28.1 Å². The fourth-order valence-electron chi connectivity index (χ4n) is 2.50. The summed E-state index contributed by atoms with van der Waals surface area (Å²) in [5.74, 6) is 0.393. The van der Waals surface area contributed by atoms with Crippen molar-refractivity contribution < 1.29 is 9.90 Å². The Morgan fingerprint density at radius 3 is 2.68 bits per heavy atom. The van der Waals surface area contributed by atoms with Crippen LogP contribution in [0.4, 0.5) is 0 Å². The number of amides is 1. The molecule has 1 fully saturated rings. The van der Waals surface area contributed by atoms with E-state index >= 15 is 0 Å². The molecule has 5 nitrogen and oxygen atoms in total. The molecule has 19 heavy (non-hydrogen) atoms. The monoisotopic (exact) mass is 264 g/mol. The van der Waals surface area contributed by atoms with E-state index in [0.29, 0.717) is 11.5 Å². The number of carbonyl (C=O) groups is 1. The summed E-state index contributed by atoms with van der Waals surface area (Å²) in [5.41, 5.74) is -0.342. The van der Waals surface area contributed by atoms with Gasteiger partial charge in [-0.1, -0.05) is 6.92 Å². The van der Waals surface area contributed by atoms with Gasteiger partial charge in [0, 0.05) is 12.3 Å². The number of pyridine rings is 1. The van der Waals surface area contributed by atoms with Gasteiger partial charge < -0.3 is 15.4 Å². The minimum Gasteiger partial charge on any atom is -0.394 e. The van der Waals surface area contributed by atoms with Crippen LogP contribution in [0.3, 0.4) is 0 Å². The second-order valence-electron chi connectivity index (χ2n) is 5.52. The quantitative estimate of drug-likeness (QED) is 0.763. The first-order valence-electron chi connectivity index (χ1n) is 6.67. The zero-order valence-electron chi connectivity index (χ0n) is 11.1. The molecule has 0 aliphatic heterocycles. The maximum atomic E-state index is 12.1. The number of aliphatic hydroxyl groups is 1. The SMILES string of the molecule is CC1CCC(CO)(NC(=O)c2ccc(=O)[nH]c2)CC1. The number of carbonyl (C=O) groups excluding carboxylic acids is 1. The number of hydrogen-bond acceptors (Lipinski definition) is 3. The minimum atomic E-state index is -0.514. The Morgan fingerprint density at radius 1 is 1.47 bits per heavy atom. The van der Waals surface area contributed by atoms with Crippen molar-refractivity contribution in [3.63, 3.8) is 0 Å². The number of aliphatic hydroxyl groups excluding tert-OH is 1. The van der Waals surface area contributed by atoms with Crippen molar-refractivity contribution in [2.45, 2.75) is 38.1 Å². The van der Waals surface area contributed by atoms with Gasteiger partial charge in [0.05, 0.1) is 17.7 Å². The number of rotatable bonds is 3. The molecule has 1 saturated carbocycles. The number of aromatic nitrogens is 1. The lowest BCUT2D eigenvalue weighted by atomic mass is 9.77. The highest BCUT2D eigenvalue weighted by Gasteiger charge is 2.35. The van der Waals surface area contributed by atoms with Crippen molar-refractivity contribution >= 4 is 5.91 Å². The summed E-state index contributed by atoms with van der Waals surface area (Å²) >= 11 is 0. The van der Waals surface area contributed by atoms with Crippen LogP contribution < -0.4 is 10.9 Å². The lowest BCUT2D eigenvalue weighted by Gasteiger charge is -2.38. The molecular weight excluding hydrogens is 244 g/mol. The third-order valence-corrected chi connectivity index (χ3v) is 3.96. The molecule has 0 radical (unpaired) electrons.